The van der Waals surface area contributed by atoms with Gasteiger partial charge in [0, 0.05) is 37.3 Å². The van der Waals surface area contributed by atoms with Crippen LogP contribution in [-0.2, 0) is 19.4 Å². The first-order valence-electron chi connectivity index (χ1n) is 9.04. The van der Waals surface area contributed by atoms with Gasteiger partial charge in [0.05, 0.1) is 20.3 Å². The molecule has 0 saturated carbocycles. The number of nitrogens with two attached hydrogens (primary N) is 1. The molecule has 0 saturated heterocycles. The number of rotatable bonds is 8. The number of ether oxygens (including phenoxy) is 2. The lowest BCUT2D eigenvalue weighted by atomic mass is 10.1. The van der Waals surface area contributed by atoms with Gasteiger partial charge in [0.15, 0.2) is 0 Å². The maximum atomic E-state index is 10.2. The fraction of sp³-hybridized carbons (Fsp3) is 0.429. The average Bonchev–Trinajstić information content (AvgIpc) is 3.11. The highest BCUT2D eigenvalue weighted by molar-refractivity contribution is 5.41. The number of hydrogen-bond acceptors (Lipinski definition) is 5. The molecule has 140 valence electrons. The second-order valence-corrected chi connectivity index (χ2v) is 6.83. The van der Waals surface area contributed by atoms with Crippen molar-refractivity contribution in [2.75, 3.05) is 27.3 Å². The summed E-state index contributed by atoms with van der Waals surface area (Å²) in [5.74, 6) is 1.57. The Morgan fingerprint density at radius 1 is 1.12 bits per heavy atom. The SMILES string of the molecule is COc1ccc(CN(C[C@@H](O)CN)C2Cc3ccccc3C2)c(OC)c1. The van der Waals surface area contributed by atoms with E-state index in [-0.39, 0.29) is 6.54 Å². The van der Waals surface area contributed by atoms with Gasteiger partial charge in [-0.25, -0.2) is 0 Å². The third-order valence-electron chi connectivity index (χ3n) is 5.13. The summed E-state index contributed by atoms with van der Waals surface area (Å²) in [6, 6.07) is 14.8. The van der Waals surface area contributed by atoms with E-state index in [1.54, 1.807) is 14.2 Å². The van der Waals surface area contributed by atoms with E-state index in [9.17, 15) is 5.11 Å². The standard InChI is InChI=1S/C21H28N2O3/c1-25-20-8-7-17(21(11-20)26-2)13-23(14-19(24)12-22)18-9-15-5-3-4-6-16(15)10-18/h3-8,11,18-19,24H,9-10,12-14,22H2,1-2H3/t19-/m0/s1. The van der Waals surface area contributed by atoms with E-state index in [4.69, 9.17) is 15.2 Å². The highest BCUT2D eigenvalue weighted by Gasteiger charge is 2.28. The Kier molecular flexibility index (Phi) is 6.14. The van der Waals surface area contributed by atoms with Gasteiger partial charge in [0.2, 0.25) is 0 Å². The summed E-state index contributed by atoms with van der Waals surface area (Å²) in [6.45, 7) is 1.50. The summed E-state index contributed by atoms with van der Waals surface area (Å²) in [6.07, 6.45) is 1.45. The maximum Gasteiger partial charge on any atom is 0.127 e. The highest BCUT2D eigenvalue weighted by atomic mass is 16.5. The van der Waals surface area contributed by atoms with Crippen LogP contribution in [0.15, 0.2) is 42.5 Å². The van der Waals surface area contributed by atoms with Crippen LogP contribution in [0.4, 0.5) is 0 Å². The lowest BCUT2D eigenvalue weighted by Crippen LogP contribution is -2.42. The zero-order chi connectivity index (χ0) is 18.5. The summed E-state index contributed by atoms with van der Waals surface area (Å²) in [5.41, 5.74) is 9.54. The number of hydrogen-bond donors (Lipinski definition) is 2. The van der Waals surface area contributed by atoms with Crippen molar-refractivity contribution in [2.45, 2.75) is 31.5 Å². The summed E-state index contributed by atoms with van der Waals surface area (Å²) in [7, 11) is 3.32. The Hall–Kier alpha value is -2.08. The Morgan fingerprint density at radius 3 is 2.38 bits per heavy atom. The first-order chi connectivity index (χ1) is 12.6. The molecule has 0 unspecified atom stereocenters. The predicted molar refractivity (Wildman–Crippen MR) is 103 cm³/mol. The maximum absolute atomic E-state index is 10.2. The topological polar surface area (TPSA) is 68.0 Å². The minimum absolute atomic E-state index is 0.260. The van der Waals surface area contributed by atoms with Crippen molar-refractivity contribution in [1.29, 1.82) is 0 Å². The van der Waals surface area contributed by atoms with Crippen molar-refractivity contribution < 1.29 is 14.6 Å². The van der Waals surface area contributed by atoms with Crippen LogP contribution in [0.2, 0.25) is 0 Å². The Balaban J connectivity index is 1.81. The first-order valence-corrected chi connectivity index (χ1v) is 9.04. The molecule has 0 fully saturated rings. The molecule has 0 amide bonds. The smallest absolute Gasteiger partial charge is 0.127 e. The van der Waals surface area contributed by atoms with Crippen molar-refractivity contribution in [3.63, 3.8) is 0 Å². The third kappa shape index (κ3) is 4.18. The number of aliphatic hydroxyl groups excluding tert-OH is 1. The second-order valence-electron chi connectivity index (χ2n) is 6.83. The summed E-state index contributed by atoms with van der Waals surface area (Å²) < 4.78 is 10.8. The minimum atomic E-state index is -0.539. The number of nitrogens with zero attached hydrogens (tertiary/aromatic N) is 1. The van der Waals surface area contributed by atoms with Crippen LogP contribution >= 0.6 is 0 Å². The van der Waals surface area contributed by atoms with E-state index in [2.05, 4.69) is 29.2 Å². The number of aliphatic hydroxyl groups is 1. The van der Waals surface area contributed by atoms with Crippen LogP contribution in [0.3, 0.4) is 0 Å². The predicted octanol–water partition coefficient (Wildman–Crippen LogP) is 1.99. The van der Waals surface area contributed by atoms with Gasteiger partial charge in [-0.1, -0.05) is 30.3 Å². The molecule has 1 atom stereocenters. The average molecular weight is 356 g/mol. The van der Waals surface area contributed by atoms with Gasteiger partial charge >= 0.3 is 0 Å². The molecule has 0 aromatic heterocycles. The van der Waals surface area contributed by atoms with Crippen molar-refractivity contribution in [1.82, 2.24) is 4.90 Å². The van der Waals surface area contributed by atoms with E-state index in [0.717, 1.165) is 29.9 Å². The van der Waals surface area contributed by atoms with Gasteiger partial charge in [-0.15, -0.1) is 0 Å². The largest absolute Gasteiger partial charge is 0.497 e. The molecular weight excluding hydrogens is 328 g/mol. The van der Waals surface area contributed by atoms with Crippen molar-refractivity contribution in [3.05, 3.63) is 59.2 Å². The monoisotopic (exact) mass is 356 g/mol. The van der Waals surface area contributed by atoms with Crippen LogP contribution in [-0.4, -0.2) is 49.5 Å². The van der Waals surface area contributed by atoms with E-state index in [1.807, 2.05) is 18.2 Å². The molecule has 26 heavy (non-hydrogen) atoms. The summed E-state index contributed by atoms with van der Waals surface area (Å²) in [4.78, 5) is 2.32. The molecule has 3 N–H and O–H groups in total. The van der Waals surface area contributed by atoms with Gasteiger partial charge in [-0.2, -0.15) is 0 Å². The summed E-state index contributed by atoms with van der Waals surface area (Å²) in [5, 5.41) is 10.2. The lowest BCUT2D eigenvalue weighted by Gasteiger charge is -2.31. The van der Waals surface area contributed by atoms with E-state index >= 15 is 0 Å². The summed E-state index contributed by atoms with van der Waals surface area (Å²) >= 11 is 0. The molecule has 5 heteroatoms. The highest BCUT2D eigenvalue weighted by Crippen LogP contribution is 2.30. The molecule has 1 aliphatic rings. The van der Waals surface area contributed by atoms with Crippen LogP contribution in [0.1, 0.15) is 16.7 Å². The van der Waals surface area contributed by atoms with Gasteiger partial charge in [0.25, 0.3) is 0 Å². The Bertz CT molecular complexity index is 710. The van der Waals surface area contributed by atoms with E-state index < -0.39 is 6.10 Å². The van der Waals surface area contributed by atoms with E-state index in [1.165, 1.54) is 11.1 Å². The first kappa shape index (κ1) is 18.7. The molecule has 0 bridgehead atoms. The number of benzene rings is 2. The van der Waals surface area contributed by atoms with E-state index in [0.29, 0.717) is 19.1 Å². The third-order valence-corrected chi connectivity index (χ3v) is 5.13. The van der Waals surface area contributed by atoms with Crippen LogP contribution in [0, 0.1) is 0 Å². The molecule has 3 rings (SSSR count). The zero-order valence-electron chi connectivity index (χ0n) is 15.5. The van der Waals surface area contributed by atoms with Gasteiger partial charge in [-0.3, -0.25) is 4.90 Å². The van der Waals surface area contributed by atoms with Crippen LogP contribution < -0.4 is 15.2 Å². The zero-order valence-corrected chi connectivity index (χ0v) is 15.5. The molecular formula is C21H28N2O3. The number of fused-ring (bicyclic) bond motifs is 1. The fourth-order valence-electron chi connectivity index (χ4n) is 3.68. The molecule has 1 aliphatic carbocycles. The normalized spacial score (nSPS) is 15.1. The molecule has 0 radical (unpaired) electrons. The molecule has 2 aromatic carbocycles. The quantitative estimate of drug-likeness (QED) is 0.757. The Labute approximate surface area is 155 Å². The molecule has 0 heterocycles. The lowest BCUT2D eigenvalue weighted by molar-refractivity contribution is 0.0880. The Morgan fingerprint density at radius 2 is 1.81 bits per heavy atom. The van der Waals surface area contributed by atoms with Crippen molar-refractivity contribution >= 4 is 0 Å². The molecule has 2 aromatic rings. The van der Waals surface area contributed by atoms with Crippen LogP contribution in [0.25, 0.3) is 0 Å². The van der Waals surface area contributed by atoms with Crippen LogP contribution in [0.5, 0.6) is 11.5 Å². The van der Waals surface area contributed by atoms with Gasteiger partial charge in [-0.05, 0) is 30.0 Å². The second kappa shape index (κ2) is 8.54. The minimum Gasteiger partial charge on any atom is -0.497 e. The van der Waals surface area contributed by atoms with Crippen molar-refractivity contribution in [2.24, 2.45) is 5.73 Å². The fourth-order valence-corrected chi connectivity index (χ4v) is 3.68. The molecule has 5 nitrogen and oxygen atoms in total. The van der Waals surface area contributed by atoms with Gasteiger partial charge in [0.1, 0.15) is 11.5 Å². The number of methoxy groups -OCH3 is 2. The molecule has 0 aliphatic heterocycles. The molecule has 0 spiro atoms. The van der Waals surface area contributed by atoms with Crippen molar-refractivity contribution in [3.8, 4) is 11.5 Å². The van der Waals surface area contributed by atoms with Gasteiger partial charge < -0.3 is 20.3 Å².